The van der Waals surface area contributed by atoms with Crippen LogP contribution in [0.25, 0.3) is 11.0 Å². The summed E-state index contributed by atoms with van der Waals surface area (Å²) in [6.45, 7) is 4.60. The first kappa shape index (κ1) is 22.4. The Bertz CT molecular complexity index is 1180. The molecule has 176 valence electrons. The lowest BCUT2D eigenvalue weighted by Crippen LogP contribution is -2.40. The molecule has 1 saturated heterocycles. The van der Waals surface area contributed by atoms with Gasteiger partial charge in [-0.15, -0.1) is 0 Å². The Hall–Kier alpha value is -3.38. The molecule has 0 aliphatic carbocycles. The molecule has 1 aromatic heterocycles. The van der Waals surface area contributed by atoms with E-state index in [1.54, 1.807) is 0 Å². The summed E-state index contributed by atoms with van der Waals surface area (Å²) < 4.78 is 21.4. The van der Waals surface area contributed by atoms with Crippen LogP contribution in [-0.2, 0) is 6.54 Å². The van der Waals surface area contributed by atoms with Gasteiger partial charge in [0.25, 0.3) is 0 Å². The number of anilines is 1. The van der Waals surface area contributed by atoms with Crippen LogP contribution >= 0.6 is 0 Å². The van der Waals surface area contributed by atoms with Crippen LogP contribution in [0.3, 0.4) is 0 Å². The fourth-order valence-corrected chi connectivity index (χ4v) is 4.60. The summed E-state index contributed by atoms with van der Waals surface area (Å²) in [5.41, 5.74) is 3.12. The molecule has 0 atom stereocenters. The number of aromatic nitrogens is 2. The van der Waals surface area contributed by atoms with Gasteiger partial charge in [-0.3, -0.25) is 0 Å². The van der Waals surface area contributed by atoms with E-state index in [4.69, 9.17) is 9.72 Å². The summed E-state index contributed by atoms with van der Waals surface area (Å²) in [5.74, 6) is 1.62. The fourth-order valence-electron chi connectivity index (χ4n) is 4.60. The number of para-hydroxylation sites is 3. The van der Waals surface area contributed by atoms with Crippen molar-refractivity contribution in [3.63, 3.8) is 0 Å². The molecule has 5 rings (SSSR count). The number of hydrogen-bond donors (Lipinski definition) is 1. The number of ether oxygens (including phenoxy) is 1. The van der Waals surface area contributed by atoms with Gasteiger partial charge in [0.2, 0.25) is 5.95 Å². The number of fused-ring (bicyclic) bond motifs is 1. The average Bonchev–Trinajstić information content (AvgIpc) is 3.21. The average molecular weight is 459 g/mol. The van der Waals surface area contributed by atoms with Crippen LogP contribution < -0.4 is 10.1 Å². The predicted octanol–water partition coefficient (Wildman–Crippen LogP) is 5.57. The van der Waals surface area contributed by atoms with Crippen LogP contribution in [0.15, 0.2) is 78.9 Å². The van der Waals surface area contributed by atoms with Crippen LogP contribution in [0, 0.1) is 5.82 Å². The van der Waals surface area contributed by atoms with Crippen LogP contribution in [0.5, 0.6) is 5.75 Å². The van der Waals surface area contributed by atoms with Crippen molar-refractivity contribution in [3.05, 3.63) is 90.2 Å². The van der Waals surface area contributed by atoms with Crippen LogP contribution in [-0.4, -0.2) is 46.7 Å². The van der Waals surface area contributed by atoms with E-state index in [1.807, 2.05) is 60.7 Å². The Morgan fingerprint density at radius 2 is 1.65 bits per heavy atom. The van der Waals surface area contributed by atoms with Gasteiger partial charge in [0.05, 0.1) is 24.2 Å². The highest BCUT2D eigenvalue weighted by Crippen LogP contribution is 2.24. The molecule has 5 nitrogen and oxygen atoms in total. The Labute approximate surface area is 200 Å². The molecule has 6 heteroatoms. The number of piperidine rings is 1. The maximum atomic E-state index is 13.4. The van der Waals surface area contributed by atoms with Crippen LogP contribution in [0.2, 0.25) is 0 Å². The van der Waals surface area contributed by atoms with E-state index < -0.39 is 0 Å². The molecule has 1 aliphatic heterocycles. The molecule has 0 bridgehead atoms. The van der Waals surface area contributed by atoms with E-state index in [9.17, 15) is 4.39 Å². The van der Waals surface area contributed by atoms with Gasteiger partial charge < -0.3 is 19.5 Å². The number of rotatable bonds is 9. The van der Waals surface area contributed by atoms with Crippen molar-refractivity contribution in [3.8, 4) is 5.75 Å². The molecular formula is C28H31FN4O. The van der Waals surface area contributed by atoms with Crippen molar-refractivity contribution >= 4 is 17.0 Å². The zero-order chi connectivity index (χ0) is 23.2. The molecule has 1 N–H and O–H groups in total. The minimum Gasteiger partial charge on any atom is -0.494 e. The Morgan fingerprint density at radius 1 is 0.912 bits per heavy atom. The van der Waals surface area contributed by atoms with Gasteiger partial charge in [0.15, 0.2) is 0 Å². The second-order valence-electron chi connectivity index (χ2n) is 8.91. The molecule has 0 saturated carbocycles. The molecular weight excluding hydrogens is 427 g/mol. The highest BCUT2D eigenvalue weighted by Gasteiger charge is 2.21. The van der Waals surface area contributed by atoms with E-state index in [2.05, 4.69) is 20.9 Å². The molecule has 1 fully saturated rings. The second-order valence-corrected chi connectivity index (χ2v) is 8.91. The van der Waals surface area contributed by atoms with Crippen LogP contribution in [0.1, 0.15) is 24.8 Å². The molecule has 4 aromatic rings. The van der Waals surface area contributed by atoms with Crippen LogP contribution in [0.4, 0.5) is 10.3 Å². The number of nitrogens with zero attached hydrogens (tertiary/aromatic N) is 3. The third-order valence-electron chi connectivity index (χ3n) is 6.46. The summed E-state index contributed by atoms with van der Waals surface area (Å²) in [7, 11) is 0. The smallest absolute Gasteiger partial charge is 0.204 e. The van der Waals surface area contributed by atoms with Crippen molar-refractivity contribution in [1.29, 1.82) is 0 Å². The van der Waals surface area contributed by atoms with Crippen molar-refractivity contribution < 1.29 is 9.13 Å². The third kappa shape index (κ3) is 5.57. The lowest BCUT2D eigenvalue weighted by atomic mass is 10.1. The fraction of sp³-hybridized carbons (Fsp3) is 0.321. The zero-order valence-electron chi connectivity index (χ0n) is 19.4. The Kier molecular flexibility index (Phi) is 7.05. The van der Waals surface area contributed by atoms with Gasteiger partial charge in [-0.1, -0.05) is 42.5 Å². The van der Waals surface area contributed by atoms with Gasteiger partial charge in [0.1, 0.15) is 11.6 Å². The third-order valence-corrected chi connectivity index (χ3v) is 6.46. The lowest BCUT2D eigenvalue weighted by Gasteiger charge is -2.32. The number of hydrogen-bond acceptors (Lipinski definition) is 4. The molecule has 34 heavy (non-hydrogen) atoms. The van der Waals surface area contributed by atoms with Crippen molar-refractivity contribution in [1.82, 2.24) is 14.5 Å². The summed E-state index contributed by atoms with van der Waals surface area (Å²) in [5, 5.41) is 3.71. The number of nitrogens with one attached hydrogen (secondary N) is 1. The van der Waals surface area contributed by atoms with Crippen molar-refractivity contribution in [2.75, 3.05) is 31.6 Å². The topological polar surface area (TPSA) is 42.3 Å². The summed E-state index contributed by atoms with van der Waals surface area (Å²) >= 11 is 0. The van der Waals surface area contributed by atoms with E-state index in [0.717, 1.165) is 73.8 Å². The number of imidazole rings is 1. The highest BCUT2D eigenvalue weighted by molar-refractivity contribution is 5.78. The molecule has 3 aromatic carbocycles. The Balaban J connectivity index is 1.16. The Morgan fingerprint density at radius 3 is 2.44 bits per heavy atom. The first-order chi connectivity index (χ1) is 16.7. The standard InChI is InChI=1S/C28H31FN4O/c29-23-13-11-22(12-14-23)21-33-27-10-5-4-9-26(27)31-28(33)30-24-15-18-32(19-16-24)17-6-20-34-25-7-2-1-3-8-25/h1-5,7-14,24H,6,15-21H2,(H,30,31). The maximum absolute atomic E-state index is 13.4. The lowest BCUT2D eigenvalue weighted by molar-refractivity contribution is 0.198. The molecule has 2 heterocycles. The van der Waals surface area contributed by atoms with Crippen molar-refractivity contribution in [2.24, 2.45) is 0 Å². The molecule has 0 amide bonds. The first-order valence-corrected chi connectivity index (χ1v) is 12.1. The highest BCUT2D eigenvalue weighted by atomic mass is 19.1. The summed E-state index contributed by atoms with van der Waals surface area (Å²) in [6, 6.07) is 25.3. The normalized spacial score (nSPS) is 15.0. The largest absolute Gasteiger partial charge is 0.494 e. The summed E-state index contributed by atoms with van der Waals surface area (Å²) in [4.78, 5) is 7.40. The number of likely N-dealkylation sites (tertiary alicyclic amines) is 1. The summed E-state index contributed by atoms with van der Waals surface area (Å²) in [6.07, 6.45) is 3.19. The first-order valence-electron chi connectivity index (χ1n) is 12.1. The number of halogens is 1. The minimum atomic E-state index is -0.212. The van der Waals surface area contributed by atoms with E-state index >= 15 is 0 Å². The van der Waals surface area contributed by atoms with E-state index in [-0.39, 0.29) is 5.82 Å². The predicted molar refractivity (Wildman–Crippen MR) is 135 cm³/mol. The quantitative estimate of drug-likeness (QED) is 0.333. The zero-order valence-corrected chi connectivity index (χ0v) is 19.4. The van der Waals surface area contributed by atoms with Gasteiger partial charge in [-0.2, -0.15) is 0 Å². The van der Waals surface area contributed by atoms with Gasteiger partial charge >= 0.3 is 0 Å². The molecule has 0 radical (unpaired) electrons. The van der Waals surface area contributed by atoms with Gasteiger partial charge in [-0.25, -0.2) is 9.37 Å². The van der Waals surface area contributed by atoms with Crippen molar-refractivity contribution in [2.45, 2.75) is 31.8 Å². The second kappa shape index (κ2) is 10.7. The molecule has 0 unspecified atom stereocenters. The van der Waals surface area contributed by atoms with E-state index in [0.29, 0.717) is 12.6 Å². The van der Waals surface area contributed by atoms with Gasteiger partial charge in [-0.05, 0) is 61.2 Å². The van der Waals surface area contributed by atoms with E-state index in [1.165, 1.54) is 12.1 Å². The molecule has 1 aliphatic rings. The minimum absolute atomic E-state index is 0.212. The molecule has 0 spiro atoms. The maximum Gasteiger partial charge on any atom is 0.204 e. The van der Waals surface area contributed by atoms with Gasteiger partial charge in [0, 0.05) is 25.7 Å². The SMILES string of the molecule is Fc1ccc(Cn2c(NC3CCN(CCCOc4ccccc4)CC3)nc3ccccc32)cc1. The number of benzene rings is 3. The monoisotopic (exact) mass is 458 g/mol.